The molecule has 0 bridgehead atoms. The molecule has 0 radical (unpaired) electrons. The summed E-state index contributed by atoms with van der Waals surface area (Å²) in [5.41, 5.74) is 7.12. The highest BCUT2D eigenvalue weighted by molar-refractivity contribution is 7.09. The van der Waals surface area contributed by atoms with Gasteiger partial charge in [0.05, 0.1) is 10.7 Å². The van der Waals surface area contributed by atoms with Gasteiger partial charge in [0.25, 0.3) is 0 Å². The third-order valence-corrected chi connectivity index (χ3v) is 2.89. The Hall–Kier alpha value is -0.410. The molecule has 13 heavy (non-hydrogen) atoms. The van der Waals surface area contributed by atoms with Crippen molar-refractivity contribution < 1.29 is 0 Å². The monoisotopic (exact) mass is 198 g/mol. The quantitative estimate of drug-likeness (QED) is 0.789. The maximum Gasteiger partial charge on any atom is 0.0897 e. The van der Waals surface area contributed by atoms with Crippen LogP contribution in [-0.4, -0.2) is 11.0 Å². The molecule has 3 heteroatoms. The van der Waals surface area contributed by atoms with Gasteiger partial charge in [0.1, 0.15) is 0 Å². The lowest BCUT2D eigenvalue weighted by molar-refractivity contribution is 0.569. The summed E-state index contributed by atoms with van der Waals surface area (Å²) < 4.78 is 0. The fraction of sp³-hybridized carbons (Fsp3) is 0.700. The zero-order valence-corrected chi connectivity index (χ0v) is 9.23. The number of nitrogens with zero attached hydrogens (tertiary/aromatic N) is 1. The van der Waals surface area contributed by atoms with E-state index in [1.807, 2.05) is 6.92 Å². The minimum Gasteiger partial charge on any atom is -0.327 e. The fourth-order valence-corrected chi connectivity index (χ4v) is 1.96. The molecule has 1 aromatic rings. The van der Waals surface area contributed by atoms with Crippen LogP contribution in [0.3, 0.4) is 0 Å². The average Bonchev–Trinajstić information content (AvgIpc) is 2.48. The summed E-state index contributed by atoms with van der Waals surface area (Å²) in [4.78, 5) is 4.40. The predicted octanol–water partition coefficient (Wildman–Crippen LogP) is 2.51. The highest BCUT2D eigenvalue weighted by Gasteiger charge is 2.05. The fourth-order valence-electron chi connectivity index (χ4n) is 1.34. The number of hydrogen-bond donors (Lipinski definition) is 1. The maximum atomic E-state index is 5.97. The van der Waals surface area contributed by atoms with E-state index < -0.39 is 0 Å². The van der Waals surface area contributed by atoms with Crippen molar-refractivity contribution in [1.82, 2.24) is 4.98 Å². The zero-order chi connectivity index (χ0) is 9.68. The Bertz CT molecular complexity index is 245. The largest absolute Gasteiger partial charge is 0.327 e. The SMILES string of the molecule is CCCCC(N)Cc1csc(C)n1. The summed E-state index contributed by atoms with van der Waals surface area (Å²) in [6.07, 6.45) is 4.51. The van der Waals surface area contributed by atoms with E-state index in [0.29, 0.717) is 6.04 Å². The van der Waals surface area contributed by atoms with E-state index in [4.69, 9.17) is 5.73 Å². The second-order valence-electron chi connectivity index (χ2n) is 3.46. The topological polar surface area (TPSA) is 38.9 Å². The van der Waals surface area contributed by atoms with Gasteiger partial charge in [-0.2, -0.15) is 0 Å². The summed E-state index contributed by atoms with van der Waals surface area (Å²) in [5, 5.41) is 3.25. The second-order valence-corrected chi connectivity index (χ2v) is 4.53. The molecule has 2 N–H and O–H groups in total. The van der Waals surface area contributed by atoms with Gasteiger partial charge in [0.15, 0.2) is 0 Å². The first-order valence-electron chi connectivity index (χ1n) is 4.89. The number of nitrogens with two attached hydrogens (primary N) is 1. The number of unbranched alkanes of at least 4 members (excludes halogenated alkanes) is 1. The molecule has 0 aliphatic carbocycles. The van der Waals surface area contributed by atoms with Crippen LogP contribution < -0.4 is 5.73 Å². The molecule has 0 aromatic carbocycles. The predicted molar refractivity (Wildman–Crippen MR) is 58.1 cm³/mol. The van der Waals surface area contributed by atoms with Crippen molar-refractivity contribution >= 4 is 11.3 Å². The molecular formula is C10H18N2S. The molecule has 1 unspecified atom stereocenters. The van der Waals surface area contributed by atoms with Crippen LogP contribution in [-0.2, 0) is 6.42 Å². The van der Waals surface area contributed by atoms with Crippen LogP contribution in [0.4, 0.5) is 0 Å². The van der Waals surface area contributed by atoms with Crippen molar-refractivity contribution in [2.45, 2.75) is 45.6 Å². The Morgan fingerprint density at radius 2 is 2.38 bits per heavy atom. The summed E-state index contributed by atoms with van der Waals surface area (Å²) in [5.74, 6) is 0. The van der Waals surface area contributed by atoms with Crippen molar-refractivity contribution in [3.63, 3.8) is 0 Å². The Balaban J connectivity index is 2.31. The van der Waals surface area contributed by atoms with E-state index in [9.17, 15) is 0 Å². The van der Waals surface area contributed by atoms with E-state index in [0.717, 1.165) is 23.5 Å². The van der Waals surface area contributed by atoms with Gasteiger partial charge in [-0.3, -0.25) is 0 Å². The van der Waals surface area contributed by atoms with Gasteiger partial charge in [-0.1, -0.05) is 19.8 Å². The summed E-state index contributed by atoms with van der Waals surface area (Å²) in [6, 6.07) is 0.293. The van der Waals surface area contributed by atoms with E-state index in [2.05, 4.69) is 17.3 Å². The standard InChI is InChI=1S/C10H18N2S/c1-3-4-5-9(11)6-10-7-13-8(2)12-10/h7,9H,3-6,11H2,1-2H3. The van der Waals surface area contributed by atoms with Crippen molar-refractivity contribution in [1.29, 1.82) is 0 Å². The van der Waals surface area contributed by atoms with E-state index in [-0.39, 0.29) is 0 Å². The number of hydrogen-bond acceptors (Lipinski definition) is 3. The Morgan fingerprint density at radius 3 is 2.92 bits per heavy atom. The van der Waals surface area contributed by atoms with Gasteiger partial charge >= 0.3 is 0 Å². The first-order chi connectivity index (χ1) is 6.22. The molecule has 1 atom stereocenters. The zero-order valence-electron chi connectivity index (χ0n) is 8.42. The van der Waals surface area contributed by atoms with Crippen molar-refractivity contribution in [3.8, 4) is 0 Å². The number of thiazole rings is 1. The molecule has 1 aromatic heterocycles. The van der Waals surface area contributed by atoms with E-state index in [1.165, 1.54) is 12.8 Å². The molecule has 2 nitrogen and oxygen atoms in total. The molecule has 0 fully saturated rings. The number of aromatic nitrogens is 1. The summed E-state index contributed by atoms with van der Waals surface area (Å²) >= 11 is 1.70. The molecule has 0 aliphatic rings. The van der Waals surface area contributed by atoms with Gasteiger partial charge in [0.2, 0.25) is 0 Å². The minimum atomic E-state index is 0.293. The van der Waals surface area contributed by atoms with Gasteiger partial charge in [-0.25, -0.2) is 4.98 Å². The van der Waals surface area contributed by atoms with Gasteiger partial charge in [0, 0.05) is 17.8 Å². The minimum absolute atomic E-state index is 0.293. The number of rotatable bonds is 5. The molecular weight excluding hydrogens is 180 g/mol. The van der Waals surface area contributed by atoms with Crippen LogP contribution in [0, 0.1) is 6.92 Å². The first-order valence-corrected chi connectivity index (χ1v) is 5.77. The van der Waals surface area contributed by atoms with Crippen molar-refractivity contribution in [3.05, 3.63) is 16.1 Å². The van der Waals surface area contributed by atoms with Crippen LogP contribution in [0.2, 0.25) is 0 Å². The third kappa shape index (κ3) is 3.87. The van der Waals surface area contributed by atoms with Gasteiger partial charge in [-0.15, -0.1) is 11.3 Å². The molecule has 1 rings (SSSR count). The molecule has 0 spiro atoms. The third-order valence-electron chi connectivity index (χ3n) is 2.07. The summed E-state index contributed by atoms with van der Waals surface area (Å²) in [7, 11) is 0. The lowest BCUT2D eigenvalue weighted by atomic mass is 10.1. The average molecular weight is 198 g/mol. The lowest BCUT2D eigenvalue weighted by Crippen LogP contribution is -2.22. The first kappa shape index (κ1) is 10.7. The smallest absolute Gasteiger partial charge is 0.0897 e. The van der Waals surface area contributed by atoms with Gasteiger partial charge < -0.3 is 5.73 Å². The Kier molecular flexibility index (Phi) is 4.39. The molecule has 74 valence electrons. The molecule has 0 aliphatic heterocycles. The normalized spacial score (nSPS) is 13.2. The van der Waals surface area contributed by atoms with Crippen molar-refractivity contribution in [2.75, 3.05) is 0 Å². The van der Waals surface area contributed by atoms with Gasteiger partial charge in [-0.05, 0) is 13.3 Å². The summed E-state index contributed by atoms with van der Waals surface area (Å²) in [6.45, 7) is 4.23. The molecule has 1 heterocycles. The van der Waals surface area contributed by atoms with E-state index >= 15 is 0 Å². The van der Waals surface area contributed by atoms with E-state index in [1.54, 1.807) is 11.3 Å². The highest BCUT2D eigenvalue weighted by atomic mass is 32.1. The molecule has 0 amide bonds. The number of aryl methyl sites for hydroxylation is 1. The van der Waals surface area contributed by atoms with Crippen LogP contribution in [0.25, 0.3) is 0 Å². The Morgan fingerprint density at radius 1 is 1.62 bits per heavy atom. The van der Waals surface area contributed by atoms with Crippen molar-refractivity contribution in [2.24, 2.45) is 5.73 Å². The lowest BCUT2D eigenvalue weighted by Gasteiger charge is -2.08. The van der Waals surface area contributed by atoms with Crippen LogP contribution in [0.1, 0.15) is 36.9 Å². The maximum absolute atomic E-state index is 5.97. The van der Waals surface area contributed by atoms with Crippen LogP contribution in [0.15, 0.2) is 5.38 Å². The molecule has 0 saturated heterocycles. The van der Waals surface area contributed by atoms with Crippen LogP contribution in [0.5, 0.6) is 0 Å². The van der Waals surface area contributed by atoms with Crippen LogP contribution >= 0.6 is 11.3 Å². The highest BCUT2D eigenvalue weighted by Crippen LogP contribution is 2.11. The second kappa shape index (κ2) is 5.35. The Labute approximate surface area is 84.2 Å². The molecule has 0 saturated carbocycles.